The number of thiol groups is 3. The molecule has 0 saturated carbocycles. The minimum atomic E-state index is -0.786. The summed E-state index contributed by atoms with van der Waals surface area (Å²) < 4.78 is 1.50. The minimum absolute atomic E-state index is 0.469. The van der Waals surface area contributed by atoms with E-state index in [1.54, 1.807) is 0 Å². The fourth-order valence-electron chi connectivity index (χ4n) is 7.83. The zero-order valence-electron chi connectivity index (χ0n) is 44.2. The van der Waals surface area contributed by atoms with Gasteiger partial charge in [0.05, 0.1) is 15.7 Å². The van der Waals surface area contributed by atoms with Crippen molar-refractivity contribution in [3.8, 4) is 0 Å². The second-order valence-electron chi connectivity index (χ2n) is 19.2. The number of aliphatic carboxylic acids is 3. The molecule has 0 aromatic heterocycles. The van der Waals surface area contributed by atoms with Crippen LogP contribution in [0.1, 0.15) is 317 Å². The van der Waals surface area contributed by atoms with E-state index in [9.17, 15) is 14.4 Å². The normalized spacial score (nSPS) is 12.2. The van der Waals surface area contributed by atoms with E-state index in [1.807, 2.05) is 0 Å². The first-order valence-electron chi connectivity index (χ1n) is 28.4. The predicted molar refractivity (Wildman–Crippen MR) is 304 cm³/mol. The van der Waals surface area contributed by atoms with Crippen molar-refractivity contribution in [2.45, 2.75) is 337 Å². The van der Waals surface area contributed by atoms with E-state index < -0.39 is 33.7 Å². The first-order chi connectivity index (χ1) is 32.0. The first kappa shape index (κ1) is 72.8. The Labute approximate surface area is 441 Å². The molecular weight excluding hydrogens is 984 g/mol. The molecule has 0 aromatic rings. The van der Waals surface area contributed by atoms with Crippen LogP contribution in [0.15, 0.2) is 0 Å². The van der Waals surface area contributed by atoms with Crippen molar-refractivity contribution in [1.82, 2.24) is 0 Å². The third-order valence-corrected chi connectivity index (χ3v) is 15.0. The van der Waals surface area contributed by atoms with Crippen molar-refractivity contribution in [1.29, 1.82) is 0 Å². The van der Waals surface area contributed by atoms with Gasteiger partial charge in [0.25, 0.3) is 0 Å². The summed E-state index contributed by atoms with van der Waals surface area (Å²) in [5.74, 6) is -2.36. The summed E-state index contributed by atoms with van der Waals surface area (Å²) in [6.07, 6.45) is 58.1. The van der Waals surface area contributed by atoms with Gasteiger partial charge < -0.3 is 15.3 Å². The summed E-state index contributed by atoms with van der Waals surface area (Å²) in [4.78, 5) is 31.7. The molecule has 0 heterocycles. The average molecular weight is 1100 g/mol. The number of hydrogen-bond donors (Lipinski definition) is 6. The summed E-state index contributed by atoms with van der Waals surface area (Å²) in [7, 11) is 0. The maximum absolute atomic E-state index is 10.6. The average Bonchev–Trinajstić information content (AvgIpc) is 3.30. The monoisotopic (exact) mass is 1100 g/mol. The van der Waals surface area contributed by atoms with E-state index in [0.29, 0.717) is 19.3 Å². The number of unbranched alkanes of at least 4 members (excludes halogenated alkanes) is 38. The molecule has 2 radical (unpaired) electrons. The molecule has 0 aliphatic carbocycles. The Balaban J connectivity index is -0.000000400. The van der Waals surface area contributed by atoms with E-state index in [1.165, 1.54) is 258 Å². The molecule has 6 nitrogen and oxygen atoms in total. The van der Waals surface area contributed by atoms with Gasteiger partial charge in [-0.15, -0.1) is 0 Å². The molecule has 0 aromatic carbocycles. The number of carboxylic acid groups (broad SMARTS) is 3. The van der Waals surface area contributed by atoms with Gasteiger partial charge in [0.15, 0.2) is 0 Å². The number of hydrogen-bond acceptors (Lipinski definition) is 6. The number of carbonyl (C=O) groups is 3. The Hall–Kier alpha value is 0.259. The van der Waals surface area contributed by atoms with E-state index in [2.05, 4.69) is 65.6 Å². The van der Waals surface area contributed by atoms with Crippen molar-refractivity contribution >= 4 is 78.3 Å². The Kier molecular flexibility index (Phi) is 72.0. The molecule has 0 spiro atoms. The molecule has 3 N–H and O–H groups in total. The number of rotatable bonds is 48. The molecule has 0 aliphatic rings. The van der Waals surface area contributed by atoms with Gasteiger partial charge in [-0.2, -0.15) is 37.9 Å². The van der Waals surface area contributed by atoms with E-state index in [-0.39, 0.29) is 0 Å². The molecular formula is C56H114O6S3Sn. The maximum atomic E-state index is 10.6. The quantitative estimate of drug-likeness (QED) is 0.0206. The Morgan fingerprint density at radius 1 is 0.288 bits per heavy atom. The molecule has 3 atom stereocenters. The molecule has 66 heavy (non-hydrogen) atoms. The van der Waals surface area contributed by atoms with Crippen LogP contribution in [0.3, 0.4) is 0 Å². The molecule has 0 fully saturated rings. The second-order valence-corrected chi connectivity index (χ2v) is 22.7. The summed E-state index contributed by atoms with van der Waals surface area (Å²) >= 11 is 13.6. The second kappa shape index (κ2) is 65.3. The first-order valence-corrected chi connectivity index (χ1v) is 32.3. The Morgan fingerprint density at radius 3 is 0.561 bits per heavy atom. The SMILES string of the molecule is CCCCCCCCCCCCCCC(S)C(=O)O.CCCCCCCCCCCCCCC(S)C(=O)O.CCCCCCCCCCCCCCC(S)C(=O)O.CCCCCCC[CH2][SnH]. The van der Waals surface area contributed by atoms with Gasteiger partial charge in [0.1, 0.15) is 0 Å². The van der Waals surface area contributed by atoms with Crippen molar-refractivity contribution in [3.05, 3.63) is 0 Å². The van der Waals surface area contributed by atoms with E-state index in [0.717, 1.165) is 38.5 Å². The molecule has 3 unspecified atom stereocenters. The standard InChI is InChI=1S/3C16H32O2S.C8H17.Sn.H/c3*1-2-3-4-5-6-7-8-9-10-11-12-13-14-15(19)16(17)18;1-3-5-7-8-6-4-2;;/h3*15,19H,2-14H2,1H3,(H,17,18);1,3-8H2,2H3;;. The summed E-state index contributed by atoms with van der Waals surface area (Å²) in [6.45, 7) is 9.04. The molecule has 0 rings (SSSR count). The van der Waals surface area contributed by atoms with E-state index >= 15 is 0 Å². The van der Waals surface area contributed by atoms with Crippen molar-refractivity contribution in [3.63, 3.8) is 0 Å². The van der Waals surface area contributed by atoms with Gasteiger partial charge in [-0.3, -0.25) is 14.4 Å². The predicted octanol–water partition coefficient (Wildman–Crippen LogP) is 19.0. The third-order valence-electron chi connectivity index (χ3n) is 12.4. The zero-order chi connectivity index (χ0) is 50.0. The van der Waals surface area contributed by atoms with Crippen LogP contribution in [0, 0.1) is 0 Å². The van der Waals surface area contributed by atoms with Crippen LogP contribution in [0.4, 0.5) is 0 Å². The topological polar surface area (TPSA) is 112 Å². The summed E-state index contributed by atoms with van der Waals surface area (Å²) in [5, 5.41) is 24.6. The van der Waals surface area contributed by atoms with Crippen LogP contribution >= 0.6 is 37.9 Å². The van der Waals surface area contributed by atoms with Crippen LogP contribution in [-0.2, 0) is 14.4 Å². The molecule has 10 heteroatoms. The van der Waals surface area contributed by atoms with Crippen LogP contribution in [0.25, 0.3) is 0 Å². The molecule has 0 bridgehead atoms. The van der Waals surface area contributed by atoms with Gasteiger partial charge in [0, 0.05) is 0 Å². The van der Waals surface area contributed by atoms with Crippen molar-refractivity contribution in [2.75, 3.05) is 0 Å². The fraction of sp³-hybridized carbons (Fsp3) is 0.946. The fourth-order valence-corrected chi connectivity index (χ4v) is 9.20. The van der Waals surface area contributed by atoms with E-state index in [4.69, 9.17) is 15.3 Å². The van der Waals surface area contributed by atoms with Gasteiger partial charge in [-0.05, 0) is 19.3 Å². The van der Waals surface area contributed by atoms with Crippen LogP contribution in [-0.4, -0.2) is 71.5 Å². The van der Waals surface area contributed by atoms with Crippen molar-refractivity contribution < 1.29 is 29.7 Å². The third kappa shape index (κ3) is 70.8. The summed E-state index contributed by atoms with van der Waals surface area (Å²) in [5.41, 5.74) is 0. The molecule has 0 amide bonds. The van der Waals surface area contributed by atoms with Crippen LogP contribution in [0.5, 0.6) is 0 Å². The zero-order valence-corrected chi connectivity index (χ0v) is 50.2. The van der Waals surface area contributed by atoms with Gasteiger partial charge >= 0.3 is 90.3 Å². The van der Waals surface area contributed by atoms with Crippen LogP contribution < -0.4 is 0 Å². The summed E-state index contributed by atoms with van der Waals surface area (Å²) in [6, 6.07) is 0. The Bertz CT molecular complexity index is 835. The molecule has 0 saturated heterocycles. The molecule has 0 aliphatic heterocycles. The van der Waals surface area contributed by atoms with Gasteiger partial charge in [-0.25, -0.2) is 0 Å². The van der Waals surface area contributed by atoms with Crippen LogP contribution in [0.2, 0.25) is 4.44 Å². The van der Waals surface area contributed by atoms with Crippen molar-refractivity contribution in [2.24, 2.45) is 0 Å². The molecule has 396 valence electrons. The number of carboxylic acids is 3. The van der Waals surface area contributed by atoms with Gasteiger partial charge in [0.2, 0.25) is 0 Å². The van der Waals surface area contributed by atoms with Gasteiger partial charge in [-0.1, -0.05) is 252 Å². The Morgan fingerprint density at radius 2 is 0.424 bits per heavy atom.